The van der Waals surface area contributed by atoms with E-state index >= 15 is 0 Å². The zero-order valence-corrected chi connectivity index (χ0v) is 19.6. The predicted octanol–water partition coefficient (Wildman–Crippen LogP) is 3.61. The van der Waals surface area contributed by atoms with Crippen molar-refractivity contribution in [2.75, 3.05) is 5.32 Å². The predicted molar refractivity (Wildman–Crippen MR) is 130 cm³/mol. The highest BCUT2D eigenvalue weighted by Crippen LogP contribution is 2.12. The van der Waals surface area contributed by atoms with Crippen molar-refractivity contribution in [2.45, 2.75) is 64.6 Å². The Morgan fingerprint density at radius 2 is 1.45 bits per heavy atom. The molecule has 7 heteroatoms. The molecule has 0 unspecified atom stereocenters. The zero-order chi connectivity index (χ0) is 24.2. The van der Waals surface area contributed by atoms with Gasteiger partial charge in [-0.25, -0.2) is 0 Å². The number of para-hydroxylation sites is 1. The third-order valence-electron chi connectivity index (χ3n) is 5.37. The minimum Gasteiger partial charge on any atom is -0.480 e. The van der Waals surface area contributed by atoms with E-state index in [0.29, 0.717) is 31.4 Å². The molecule has 2 rings (SSSR count). The van der Waals surface area contributed by atoms with Crippen LogP contribution in [0.5, 0.6) is 0 Å². The summed E-state index contributed by atoms with van der Waals surface area (Å²) in [5.74, 6) is -1.50. The molecule has 178 valence electrons. The smallest absolute Gasteiger partial charge is 0.320 e. The Bertz CT molecular complexity index is 887. The van der Waals surface area contributed by atoms with Crippen LogP contribution in [0.2, 0.25) is 0 Å². The Labute approximate surface area is 196 Å². The average molecular weight is 454 g/mol. The molecule has 33 heavy (non-hydrogen) atoms. The maximum absolute atomic E-state index is 13.2. The molecule has 2 aromatic carbocycles. The molecule has 3 atom stereocenters. The van der Waals surface area contributed by atoms with E-state index in [0.717, 1.165) is 5.56 Å². The first-order chi connectivity index (χ1) is 15.8. The maximum Gasteiger partial charge on any atom is 0.320 e. The molecule has 0 saturated heterocycles. The molecule has 0 saturated carbocycles. The molecule has 2 aromatic rings. The molecule has 0 aliphatic heterocycles. The lowest BCUT2D eigenvalue weighted by atomic mass is 10.00. The topological polar surface area (TPSA) is 108 Å². The van der Waals surface area contributed by atoms with E-state index in [4.69, 9.17) is 0 Å². The fourth-order valence-electron chi connectivity index (χ4n) is 3.58. The summed E-state index contributed by atoms with van der Waals surface area (Å²) in [6.45, 7) is 5.72. The highest BCUT2D eigenvalue weighted by Gasteiger charge is 2.29. The van der Waals surface area contributed by atoms with Gasteiger partial charge in [-0.2, -0.15) is 0 Å². The Kier molecular flexibility index (Phi) is 10.6. The van der Waals surface area contributed by atoms with Crippen LogP contribution in [0.3, 0.4) is 0 Å². The number of anilines is 1. The highest BCUT2D eigenvalue weighted by atomic mass is 16.4. The van der Waals surface area contributed by atoms with Crippen LogP contribution in [-0.4, -0.2) is 41.0 Å². The molecule has 0 aliphatic rings. The van der Waals surface area contributed by atoms with Gasteiger partial charge in [0.05, 0.1) is 6.04 Å². The van der Waals surface area contributed by atoms with E-state index in [2.05, 4.69) is 16.0 Å². The Balaban J connectivity index is 2.15. The molecule has 4 N–H and O–H groups in total. The standard InChI is InChI=1S/C26H35N3O4/c1-4-21(26(32)33)28-22(16-15-19-11-7-5-8-12-19)24(30)29-23(17-18(2)3)25(31)27-20-13-9-6-10-14-20/h5-14,18,21-23,28H,4,15-17H2,1-3H3,(H,27,31)(H,29,30)(H,32,33)/t21-,22+,23+/m1/s1. The van der Waals surface area contributed by atoms with Crippen molar-refractivity contribution in [3.05, 3.63) is 66.2 Å². The summed E-state index contributed by atoms with van der Waals surface area (Å²) < 4.78 is 0. The second-order valence-electron chi connectivity index (χ2n) is 8.59. The van der Waals surface area contributed by atoms with Crippen molar-refractivity contribution in [1.82, 2.24) is 10.6 Å². The van der Waals surface area contributed by atoms with E-state index in [1.165, 1.54) is 0 Å². The Morgan fingerprint density at radius 1 is 0.848 bits per heavy atom. The van der Waals surface area contributed by atoms with Crippen molar-refractivity contribution in [3.63, 3.8) is 0 Å². The van der Waals surface area contributed by atoms with Crippen molar-refractivity contribution in [3.8, 4) is 0 Å². The van der Waals surface area contributed by atoms with Gasteiger partial charge >= 0.3 is 5.97 Å². The quantitative estimate of drug-likeness (QED) is 0.371. The lowest BCUT2D eigenvalue weighted by molar-refractivity contribution is -0.140. The van der Waals surface area contributed by atoms with Crippen LogP contribution in [0.25, 0.3) is 0 Å². The number of carbonyl (C=O) groups excluding carboxylic acids is 2. The SMILES string of the molecule is CC[C@@H](N[C@@H](CCc1ccccc1)C(=O)N[C@@H](CC(C)C)C(=O)Nc1ccccc1)C(=O)O. The first kappa shape index (κ1) is 26.1. The van der Waals surface area contributed by atoms with Gasteiger partial charge in [0, 0.05) is 5.69 Å². The van der Waals surface area contributed by atoms with Gasteiger partial charge in [0.1, 0.15) is 12.1 Å². The number of aliphatic carboxylic acids is 1. The van der Waals surface area contributed by atoms with E-state index in [1.807, 2.05) is 62.4 Å². The molecule has 0 bridgehead atoms. The molecule has 0 heterocycles. The summed E-state index contributed by atoms with van der Waals surface area (Å²) in [5, 5.41) is 18.2. The van der Waals surface area contributed by atoms with Crippen LogP contribution in [0.15, 0.2) is 60.7 Å². The minimum atomic E-state index is -1.00. The lowest BCUT2D eigenvalue weighted by Crippen LogP contribution is -2.55. The lowest BCUT2D eigenvalue weighted by Gasteiger charge is -2.26. The number of benzene rings is 2. The highest BCUT2D eigenvalue weighted by molar-refractivity contribution is 5.97. The number of hydrogen-bond acceptors (Lipinski definition) is 4. The summed E-state index contributed by atoms with van der Waals surface area (Å²) >= 11 is 0. The van der Waals surface area contributed by atoms with Crippen LogP contribution in [0.1, 0.15) is 45.6 Å². The molecule has 2 amide bonds. The van der Waals surface area contributed by atoms with Gasteiger partial charge in [-0.15, -0.1) is 0 Å². The van der Waals surface area contributed by atoms with Crippen molar-refractivity contribution in [1.29, 1.82) is 0 Å². The largest absolute Gasteiger partial charge is 0.480 e. The maximum atomic E-state index is 13.2. The number of aryl methyl sites for hydroxylation is 1. The van der Waals surface area contributed by atoms with Crippen LogP contribution in [0, 0.1) is 5.92 Å². The first-order valence-electron chi connectivity index (χ1n) is 11.5. The summed E-state index contributed by atoms with van der Waals surface area (Å²) in [6.07, 6.45) is 1.82. The van der Waals surface area contributed by atoms with Crippen molar-refractivity contribution < 1.29 is 19.5 Å². The molecule has 0 aromatic heterocycles. The zero-order valence-electron chi connectivity index (χ0n) is 19.6. The van der Waals surface area contributed by atoms with Gasteiger partial charge in [0.25, 0.3) is 0 Å². The number of amides is 2. The third kappa shape index (κ3) is 9.06. The average Bonchev–Trinajstić information content (AvgIpc) is 2.79. The van der Waals surface area contributed by atoms with Crippen molar-refractivity contribution >= 4 is 23.5 Å². The fourth-order valence-corrected chi connectivity index (χ4v) is 3.58. The summed E-state index contributed by atoms with van der Waals surface area (Å²) in [5.41, 5.74) is 1.71. The summed E-state index contributed by atoms with van der Waals surface area (Å²) in [4.78, 5) is 37.8. The summed E-state index contributed by atoms with van der Waals surface area (Å²) in [7, 11) is 0. The molecule has 0 fully saturated rings. The van der Waals surface area contributed by atoms with Crippen LogP contribution < -0.4 is 16.0 Å². The number of carboxylic acids is 1. The molecule has 7 nitrogen and oxygen atoms in total. The van der Waals surface area contributed by atoms with Crippen LogP contribution >= 0.6 is 0 Å². The van der Waals surface area contributed by atoms with E-state index in [9.17, 15) is 19.5 Å². The van der Waals surface area contributed by atoms with Gasteiger partial charge in [-0.1, -0.05) is 69.3 Å². The van der Waals surface area contributed by atoms with Gasteiger partial charge < -0.3 is 15.7 Å². The number of rotatable bonds is 13. The first-order valence-corrected chi connectivity index (χ1v) is 11.5. The van der Waals surface area contributed by atoms with E-state index in [1.54, 1.807) is 19.1 Å². The van der Waals surface area contributed by atoms with Crippen molar-refractivity contribution in [2.24, 2.45) is 5.92 Å². The monoisotopic (exact) mass is 453 g/mol. The van der Waals surface area contributed by atoms with E-state index in [-0.39, 0.29) is 17.7 Å². The van der Waals surface area contributed by atoms with Gasteiger partial charge in [0.15, 0.2) is 0 Å². The van der Waals surface area contributed by atoms with Crippen LogP contribution in [0.4, 0.5) is 5.69 Å². The van der Waals surface area contributed by atoms with Gasteiger partial charge in [-0.05, 0) is 49.3 Å². The Morgan fingerprint density at radius 3 is 2.00 bits per heavy atom. The Hall–Kier alpha value is -3.19. The van der Waals surface area contributed by atoms with Gasteiger partial charge in [-0.3, -0.25) is 19.7 Å². The fraction of sp³-hybridized carbons (Fsp3) is 0.423. The summed E-state index contributed by atoms with van der Waals surface area (Å²) in [6, 6.07) is 16.5. The van der Waals surface area contributed by atoms with Gasteiger partial charge in [0.2, 0.25) is 11.8 Å². The molecule has 0 radical (unpaired) electrons. The molecular formula is C26H35N3O4. The number of nitrogens with one attached hydrogen (secondary N) is 3. The number of carboxylic acid groups (broad SMARTS) is 1. The van der Waals surface area contributed by atoms with E-state index < -0.39 is 24.1 Å². The molecular weight excluding hydrogens is 418 g/mol. The second-order valence-corrected chi connectivity index (χ2v) is 8.59. The molecule has 0 spiro atoms. The van der Waals surface area contributed by atoms with Crippen LogP contribution in [-0.2, 0) is 20.8 Å². The second kappa shape index (κ2) is 13.4. The molecule has 0 aliphatic carbocycles. The third-order valence-corrected chi connectivity index (χ3v) is 5.37. The number of hydrogen-bond donors (Lipinski definition) is 4. The number of carbonyl (C=O) groups is 3. The normalized spacial score (nSPS) is 13.7. The minimum absolute atomic E-state index is 0.176.